The number of amides is 1. The Kier molecular flexibility index (Phi) is 5.57. The summed E-state index contributed by atoms with van der Waals surface area (Å²) in [4.78, 5) is 31.4. The summed E-state index contributed by atoms with van der Waals surface area (Å²) < 4.78 is 1.64. The molecular weight excluding hydrogens is 458 g/mol. The average molecular weight is 484 g/mol. The second-order valence-electron chi connectivity index (χ2n) is 9.41. The third kappa shape index (κ3) is 3.80. The van der Waals surface area contributed by atoms with Crippen molar-refractivity contribution in [3.63, 3.8) is 0 Å². The Bertz CT molecular complexity index is 1630. The molecule has 2 N–H and O–H groups in total. The first kappa shape index (κ1) is 21.9. The molecule has 0 radical (unpaired) electrons. The maximum atomic E-state index is 14.1. The number of nitrogens with one attached hydrogen (secondary N) is 2. The van der Waals surface area contributed by atoms with Gasteiger partial charge >= 0.3 is 0 Å². The van der Waals surface area contributed by atoms with Crippen LogP contribution in [-0.4, -0.2) is 21.5 Å². The number of H-pyrrole nitrogens is 1. The topological polar surface area (TPSA) is 66.9 Å². The lowest BCUT2D eigenvalue weighted by Crippen LogP contribution is -2.43. The summed E-state index contributed by atoms with van der Waals surface area (Å²) in [5, 5.41) is 6.59. The van der Waals surface area contributed by atoms with E-state index in [2.05, 4.69) is 10.3 Å². The van der Waals surface area contributed by atoms with E-state index in [0.717, 1.165) is 52.9 Å². The number of hydrogen-bond acceptors (Lipinski definition) is 2. The number of rotatable bonds is 4. The Balaban J connectivity index is 1.63. The number of aromatic nitrogens is 2. The fourth-order valence-electron chi connectivity index (χ4n) is 5.58. The quantitative estimate of drug-likeness (QED) is 0.314. The molecule has 1 amide bonds. The van der Waals surface area contributed by atoms with E-state index in [1.807, 2.05) is 60.7 Å². The fraction of sp³-hybridized carbons (Fsp3) is 0.241. The number of carbonyl (C=O) groups excluding carboxylic acids is 1. The molecule has 176 valence electrons. The molecule has 35 heavy (non-hydrogen) atoms. The van der Waals surface area contributed by atoms with Crippen LogP contribution in [0.5, 0.6) is 0 Å². The first-order valence-corrected chi connectivity index (χ1v) is 12.6. The molecule has 0 saturated heterocycles. The lowest BCUT2D eigenvalue weighted by molar-refractivity contribution is -0.124. The van der Waals surface area contributed by atoms with E-state index >= 15 is 0 Å². The number of aromatic amines is 1. The van der Waals surface area contributed by atoms with Gasteiger partial charge in [0.1, 0.15) is 11.6 Å². The number of halogens is 1. The zero-order valence-electron chi connectivity index (χ0n) is 19.3. The molecule has 6 rings (SSSR count). The lowest BCUT2D eigenvalue weighted by Gasteiger charge is -2.27. The molecule has 6 heteroatoms. The molecule has 5 aromatic rings. The maximum Gasteiger partial charge on any atom is 0.276 e. The number of carbonyl (C=O) groups is 1. The van der Waals surface area contributed by atoms with Crippen molar-refractivity contribution in [3.05, 3.63) is 93.7 Å². The first-order valence-electron chi connectivity index (χ1n) is 12.2. The van der Waals surface area contributed by atoms with Crippen LogP contribution in [0.25, 0.3) is 32.7 Å². The summed E-state index contributed by atoms with van der Waals surface area (Å²) in [6.45, 7) is 0. The molecule has 1 aliphatic rings. The van der Waals surface area contributed by atoms with E-state index in [-0.39, 0.29) is 17.5 Å². The number of pyridine rings is 1. The SMILES string of the molecule is O=C(NC1CCCCC1)C(c1cccc(Cl)c1)n1c(=O)c2[nH]c3ccccc3c2c2ccccc21. The molecule has 2 aromatic heterocycles. The van der Waals surface area contributed by atoms with E-state index in [1.54, 1.807) is 16.7 Å². The van der Waals surface area contributed by atoms with Crippen molar-refractivity contribution >= 4 is 50.2 Å². The van der Waals surface area contributed by atoms with Gasteiger partial charge in [-0.05, 0) is 42.7 Å². The van der Waals surface area contributed by atoms with Crippen molar-refractivity contribution in [3.8, 4) is 0 Å². The van der Waals surface area contributed by atoms with Gasteiger partial charge in [-0.2, -0.15) is 0 Å². The monoisotopic (exact) mass is 483 g/mol. The summed E-state index contributed by atoms with van der Waals surface area (Å²) >= 11 is 6.35. The van der Waals surface area contributed by atoms with Gasteiger partial charge < -0.3 is 10.3 Å². The minimum atomic E-state index is -0.844. The number of fused-ring (bicyclic) bond motifs is 5. The third-order valence-electron chi connectivity index (χ3n) is 7.19. The number of hydrogen-bond donors (Lipinski definition) is 2. The Morgan fingerprint density at radius 3 is 2.49 bits per heavy atom. The first-order chi connectivity index (χ1) is 17.1. The van der Waals surface area contributed by atoms with Crippen LogP contribution in [0.3, 0.4) is 0 Å². The second kappa shape index (κ2) is 8.90. The van der Waals surface area contributed by atoms with Crippen LogP contribution in [0, 0.1) is 0 Å². The van der Waals surface area contributed by atoms with Gasteiger partial charge in [-0.1, -0.05) is 79.4 Å². The summed E-state index contributed by atoms with van der Waals surface area (Å²) in [6.07, 6.45) is 5.34. The van der Waals surface area contributed by atoms with Crippen LogP contribution in [0.4, 0.5) is 0 Å². The summed E-state index contributed by atoms with van der Waals surface area (Å²) in [5.41, 5.74) is 2.58. The highest BCUT2D eigenvalue weighted by Crippen LogP contribution is 2.33. The van der Waals surface area contributed by atoms with Crippen LogP contribution < -0.4 is 10.9 Å². The molecule has 0 bridgehead atoms. The zero-order chi connectivity index (χ0) is 23.9. The molecule has 3 aromatic carbocycles. The van der Waals surface area contributed by atoms with Gasteiger partial charge in [0.2, 0.25) is 5.91 Å². The zero-order valence-corrected chi connectivity index (χ0v) is 20.0. The second-order valence-corrected chi connectivity index (χ2v) is 9.85. The Morgan fingerprint density at radius 2 is 1.69 bits per heavy atom. The molecular formula is C29H26ClN3O2. The van der Waals surface area contributed by atoms with E-state index in [4.69, 9.17) is 11.6 Å². The van der Waals surface area contributed by atoms with Crippen LogP contribution in [-0.2, 0) is 4.79 Å². The molecule has 1 saturated carbocycles. The number of para-hydroxylation sites is 2. The Morgan fingerprint density at radius 1 is 0.943 bits per heavy atom. The van der Waals surface area contributed by atoms with Crippen LogP contribution in [0.2, 0.25) is 5.02 Å². The van der Waals surface area contributed by atoms with Gasteiger partial charge in [-0.3, -0.25) is 14.2 Å². The van der Waals surface area contributed by atoms with Gasteiger partial charge in [0, 0.05) is 32.7 Å². The van der Waals surface area contributed by atoms with Gasteiger partial charge in [-0.15, -0.1) is 0 Å². The predicted octanol–water partition coefficient (Wildman–Crippen LogP) is 6.33. The highest BCUT2D eigenvalue weighted by Gasteiger charge is 2.29. The van der Waals surface area contributed by atoms with Gasteiger partial charge in [0.05, 0.1) is 5.52 Å². The fourth-order valence-corrected chi connectivity index (χ4v) is 5.78. The van der Waals surface area contributed by atoms with Crippen molar-refractivity contribution in [2.75, 3.05) is 0 Å². The Labute approximate surface area is 207 Å². The molecule has 5 nitrogen and oxygen atoms in total. The maximum absolute atomic E-state index is 14.1. The highest BCUT2D eigenvalue weighted by atomic mass is 35.5. The summed E-state index contributed by atoms with van der Waals surface area (Å²) in [7, 11) is 0. The Hall–Kier alpha value is -3.57. The number of nitrogens with zero attached hydrogens (tertiary/aromatic N) is 1. The molecule has 1 aliphatic carbocycles. The van der Waals surface area contributed by atoms with E-state index in [9.17, 15) is 9.59 Å². The molecule has 0 spiro atoms. The van der Waals surface area contributed by atoms with Crippen LogP contribution in [0.1, 0.15) is 43.7 Å². The van der Waals surface area contributed by atoms with Crippen molar-refractivity contribution in [1.82, 2.24) is 14.9 Å². The third-order valence-corrected chi connectivity index (χ3v) is 7.43. The lowest BCUT2D eigenvalue weighted by atomic mass is 9.94. The number of benzene rings is 3. The summed E-state index contributed by atoms with van der Waals surface area (Å²) in [6, 6.07) is 22.3. The van der Waals surface area contributed by atoms with E-state index < -0.39 is 6.04 Å². The van der Waals surface area contributed by atoms with Gasteiger partial charge in [0.25, 0.3) is 5.56 Å². The largest absolute Gasteiger partial charge is 0.351 e. The average Bonchev–Trinajstić information content (AvgIpc) is 3.27. The molecule has 1 fully saturated rings. The van der Waals surface area contributed by atoms with Crippen molar-refractivity contribution in [2.24, 2.45) is 0 Å². The van der Waals surface area contributed by atoms with Crippen LogP contribution >= 0.6 is 11.6 Å². The highest BCUT2D eigenvalue weighted by molar-refractivity contribution is 6.30. The van der Waals surface area contributed by atoms with E-state index in [0.29, 0.717) is 16.1 Å². The minimum Gasteiger partial charge on any atom is -0.351 e. The van der Waals surface area contributed by atoms with Crippen molar-refractivity contribution in [1.29, 1.82) is 0 Å². The standard InChI is InChI=1S/C29H26ClN3O2/c30-19-10-8-9-18(17-19)27(28(34)31-20-11-2-1-3-12-20)33-24-16-7-5-14-22(24)25-21-13-4-6-15-23(21)32-26(25)29(33)35/h4-10,13-17,20,27,32H,1-3,11-12H2,(H,31,34). The van der Waals surface area contributed by atoms with Gasteiger partial charge in [-0.25, -0.2) is 0 Å². The normalized spacial score (nSPS) is 15.6. The minimum absolute atomic E-state index is 0.122. The van der Waals surface area contributed by atoms with Crippen LogP contribution in [0.15, 0.2) is 77.6 Å². The summed E-state index contributed by atoms with van der Waals surface area (Å²) in [5.74, 6) is -0.179. The van der Waals surface area contributed by atoms with Crippen molar-refractivity contribution in [2.45, 2.75) is 44.2 Å². The molecule has 2 heterocycles. The van der Waals surface area contributed by atoms with Crippen molar-refractivity contribution < 1.29 is 4.79 Å². The molecule has 1 unspecified atom stereocenters. The molecule has 0 aliphatic heterocycles. The van der Waals surface area contributed by atoms with E-state index in [1.165, 1.54) is 6.42 Å². The smallest absolute Gasteiger partial charge is 0.276 e. The van der Waals surface area contributed by atoms with Gasteiger partial charge in [0.15, 0.2) is 0 Å². The molecule has 1 atom stereocenters. The predicted molar refractivity (Wildman–Crippen MR) is 142 cm³/mol.